The van der Waals surface area contributed by atoms with E-state index in [0.717, 1.165) is 42.0 Å². The second-order valence-electron chi connectivity index (χ2n) is 7.47. The zero-order chi connectivity index (χ0) is 19.9. The molecule has 1 fully saturated rings. The van der Waals surface area contributed by atoms with Crippen molar-refractivity contribution in [3.8, 4) is 0 Å². The van der Waals surface area contributed by atoms with E-state index in [0.29, 0.717) is 25.0 Å². The van der Waals surface area contributed by atoms with Crippen LogP contribution in [-0.4, -0.2) is 24.1 Å². The maximum absolute atomic E-state index is 12.1. The number of aromatic nitrogens is 1. The predicted octanol–water partition coefficient (Wildman–Crippen LogP) is 3.40. The Labute approximate surface area is 166 Å². The number of anilines is 1. The van der Waals surface area contributed by atoms with E-state index in [1.165, 1.54) is 0 Å². The second kappa shape index (κ2) is 9.39. The third-order valence-corrected chi connectivity index (χ3v) is 4.95. The van der Waals surface area contributed by atoms with Gasteiger partial charge in [-0.3, -0.25) is 9.79 Å². The molecule has 3 N–H and O–H groups in total. The van der Waals surface area contributed by atoms with E-state index in [-0.39, 0.29) is 11.8 Å². The Morgan fingerprint density at radius 2 is 2.04 bits per heavy atom. The predicted molar refractivity (Wildman–Crippen MR) is 110 cm³/mol. The van der Waals surface area contributed by atoms with Crippen LogP contribution in [0.5, 0.6) is 0 Å². The van der Waals surface area contributed by atoms with Gasteiger partial charge in [-0.05, 0) is 36.5 Å². The number of carbonyl (C=O) groups excluding carboxylic acids is 1. The molecule has 0 saturated heterocycles. The Morgan fingerprint density at radius 1 is 1.25 bits per heavy atom. The second-order valence-corrected chi connectivity index (χ2v) is 7.47. The van der Waals surface area contributed by atoms with Crippen molar-refractivity contribution in [1.82, 2.24) is 15.8 Å². The first-order chi connectivity index (χ1) is 13.5. The van der Waals surface area contributed by atoms with Crippen molar-refractivity contribution >= 4 is 17.6 Å². The van der Waals surface area contributed by atoms with Gasteiger partial charge in [0.15, 0.2) is 11.7 Å². The lowest BCUT2D eigenvalue weighted by Crippen LogP contribution is -2.36. The number of hydrogen-bond donors (Lipinski definition) is 3. The maximum Gasteiger partial charge on any atom is 0.227 e. The number of nitrogens with one attached hydrogen (secondary N) is 3. The van der Waals surface area contributed by atoms with E-state index < -0.39 is 0 Å². The summed E-state index contributed by atoms with van der Waals surface area (Å²) in [5.74, 6) is 2.09. The van der Waals surface area contributed by atoms with Crippen molar-refractivity contribution in [3.05, 3.63) is 47.3 Å². The van der Waals surface area contributed by atoms with Crippen LogP contribution in [0.1, 0.15) is 56.0 Å². The van der Waals surface area contributed by atoms with Crippen molar-refractivity contribution in [2.75, 3.05) is 12.4 Å². The summed E-state index contributed by atoms with van der Waals surface area (Å²) in [5, 5.41) is 13.6. The van der Waals surface area contributed by atoms with Crippen LogP contribution in [-0.2, 0) is 17.9 Å². The summed E-state index contributed by atoms with van der Waals surface area (Å²) in [4.78, 5) is 16.3. The number of carbonyl (C=O) groups is 1. The average molecular weight is 383 g/mol. The molecule has 7 nitrogen and oxygen atoms in total. The summed E-state index contributed by atoms with van der Waals surface area (Å²) in [6.07, 6.45) is 3.15. The molecule has 2 aromatic rings. The Kier molecular flexibility index (Phi) is 6.68. The number of aliphatic imine (C=N–C) groups is 1. The minimum atomic E-state index is 0.127. The first-order valence-electron chi connectivity index (χ1n) is 9.85. The van der Waals surface area contributed by atoms with Gasteiger partial charge in [0.25, 0.3) is 0 Å². The van der Waals surface area contributed by atoms with E-state index in [4.69, 9.17) is 4.52 Å². The van der Waals surface area contributed by atoms with Gasteiger partial charge in [0, 0.05) is 31.3 Å². The standard InChI is InChI=1S/C21H29N5O2/c1-14(2)19-11-18(28-26-19)13-24-21(22-3)23-12-15-6-4-9-17(10-15)25-20(27)16-7-5-8-16/h4,6,9-11,14,16H,5,7-8,12-13H2,1-3H3,(H,25,27)(H2,22,23,24). The lowest BCUT2D eigenvalue weighted by atomic mass is 9.85. The molecule has 1 amide bonds. The van der Waals surface area contributed by atoms with Gasteiger partial charge >= 0.3 is 0 Å². The molecule has 0 spiro atoms. The van der Waals surface area contributed by atoms with Gasteiger partial charge in [-0.2, -0.15) is 0 Å². The Hall–Kier alpha value is -2.83. The Morgan fingerprint density at radius 3 is 2.68 bits per heavy atom. The number of nitrogens with zero attached hydrogens (tertiary/aromatic N) is 2. The van der Waals surface area contributed by atoms with Crippen LogP contribution in [0.3, 0.4) is 0 Å². The minimum absolute atomic E-state index is 0.127. The van der Waals surface area contributed by atoms with Crippen molar-refractivity contribution in [2.24, 2.45) is 10.9 Å². The molecule has 0 bridgehead atoms. The smallest absolute Gasteiger partial charge is 0.227 e. The zero-order valence-corrected chi connectivity index (χ0v) is 16.8. The molecular weight excluding hydrogens is 354 g/mol. The molecule has 0 unspecified atom stereocenters. The largest absolute Gasteiger partial charge is 0.359 e. The van der Waals surface area contributed by atoms with Crippen LogP contribution in [0.25, 0.3) is 0 Å². The van der Waals surface area contributed by atoms with Crippen molar-refractivity contribution in [3.63, 3.8) is 0 Å². The van der Waals surface area contributed by atoms with Crippen LogP contribution in [0.2, 0.25) is 0 Å². The summed E-state index contributed by atoms with van der Waals surface area (Å²) in [7, 11) is 1.73. The van der Waals surface area contributed by atoms with E-state index in [1.54, 1.807) is 7.05 Å². The monoisotopic (exact) mass is 383 g/mol. The third-order valence-electron chi connectivity index (χ3n) is 4.95. The SMILES string of the molecule is CN=C(NCc1cccc(NC(=O)C2CCC2)c1)NCc1cc(C(C)C)no1. The molecule has 1 aromatic heterocycles. The van der Waals surface area contributed by atoms with Crippen LogP contribution in [0, 0.1) is 5.92 Å². The van der Waals surface area contributed by atoms with Gasteiger partial charge in [0.1, 0.15) is 0 Å². The molecule has 7 heteroatoms. The molecule has 1 heterocycles. The molecule has 0 radical (unpaired) electrons. The summed E-state index contributed by atoms with van der Waals surface area (Å²) in [6.45, 7) is 5.27. The summed E-state index contributed by atoms with van der Waals surface area (Å²) >= 11 is 0. The normalized spacial score (nSPS) is 14.6. The van der Waals surface area contributed by atoms with Crippen molar-refractivity contribution < 1.29 is 9.32 Å². The Bertz CT molecular complexity index is 824. The van der Waals surface area contributed by atoms with Gasteiger partial charge in [0.05, 0.1) is 12.2 Å². The first-order valence-corrected chi connectivity index (χ1v) is 9.85. The van der Waals surface area contributed by atoms with E-state index in [2.05, 4.69) is 39.9 Å². The van der Waals surface area contributed by atoms with Gasteiger partial charge in [0.2, 0.25) is 5.91 Å². The number of amides is 1. The summed E-state index contributed by atoms with van der Waals surface area (Å²) in [6, 6.07) is 9.83. The molecule has 1 aliphatic carbocycles. The number of hydrogen-bond acceptors (Lipinski definition) is 4. The molecule has 3 rings (SSSR count). The lowest BCUT2D eigenvalue weighted by molar-refractivity contribution is -0.122. The van der Waals surface area contributed by atoms with Gasteiger partial charge in [-0.25, -0.2) is 0 Å². The number of rotatable bonds is 7. The lowest BCUT2D eigenvalue weighted by Gasteiger charge is -2.24. The van der Waals surface area contributed by atoms with E-state index >= 15 is 0 Å². The van der Waals surface area contributed by atoms with E-state index in [1.807, 2.05) is 30.3 Å². The van der Waals surface area contributed by atoms with E-state index in [9.17, 15) is 4.79 Å². The van der Waals surface area contributed by atoms with Gasteiger partial charge in [-0.15, -0.1) is 0 Å². The number of guanidine groups is 1. The van der Waals surface area contributed by atoms with Crippen LogP contribution in [0.4, 0.5) is 5.69 Å². The van der Waals surface area contributed by atoms with Crippen LogP contribution >= 0.6 is 0 Å². The summed E-state index contributed by atoms with van der Waals surface area (Å²) < 4.78 is 5.33. The molecule has 28 heavy (non-hydrogen) atoms. The van der Waals surface area contributed by atoms with Crippen LogP contribution < -0.4 is 16.0 Å². The molecule has 0 atom stereocenters. The van der Waals surface area contributed by atoms with Crippen LogP contribution in [0.15, 0.2) is 39.8 Å². The fourth-order valence-corrected chi connectivity index (χ4v) is 2.94. The maximum atomic E-state index is 12.1. The zero-order valence-electron chi connectivity index (χ0n) is 16.8. The first kappa shape index (κ1) is 19.9. The minimum Gasteiger partial charge on any atom is -0.359 e. The molecule has 150 valence electrons. The Balaban J connectivity index is 1.48. The fourth-order valence-electron chi connectivity index (χ4n) is 2.94. The molecule has 0 aliphatic heterocycles. The topological polar surface area (TPSA) is 91.5 Å². The molecule has 1 saturated carbocycles. The highest BCUT2D eigenvalue weighted by atomic mass is 16.5. The third kappa shape index (κ3) is 5.34. The summed E-state index contributed by atoms with van der Waals surface area (Å²) in [5.41, 5.74) is 2.85. The highest BCUT2D eigenvalue weighted by Gasteiger charge is 2.25. The fraction of sp³-hybridized carbons (Fsp3) is 0.476. The highest BCUT2D eigenvalue weighted by molar-refractivity contribution is 5.93. The number of benzene rings is 1. The molecule has 1 aliphatic rings. The van der Waals surface area contributed by atoms with Gasteiger partial charge < -0.3 is 20.5 Å². The van der Waals surface area contributed by atoms with Gasteiger partial charge in [-0.1, -0.05) is 37.6 Å². The molecule has 1 aromatic carbocycles. The van der Waals surface area contributed by atoms with Crippen molar-refractivity contribution in [2.45, 2.75) is 52.1 Å². The average Bonchev–Trinajstić information content (AvgIpc) is 3.10. The highest BCUT2D eigenvalue weighted by Crippen LogP contribution is 2.27. The quantitative estimate of drug-likeness (QED) is 0.503. The molecular formula is C21H29N5O2. The van der Waals surface area contributed by atoms with Crippen molar-refractivity contribution in [1.29, 1.82) is 0 Å².